The molecular weight excluding hydrogens is 335 g/mol. The van der Waals surface area contributed by atoms with Crippen molar-refractivity contribution in [2.75, 3.05) is 13.2 Å². The maximum Gasteiger partial charge on any atom is 0.451 e. The Morgan fingerprint density at radius 2 is 1.72 bits per heavy atom. The van der Waals surface area contributed by atoms with Crippen molar-refractivity contribution in [2.24, 2.45) is 5.92 Å². The second-order valence-electron chi connectivity index (χ2n) is 6.14. The number of oxazole rings is 1. The third-order valence-electron chi connectivity index (χ3n) is 4.05. The van der Waals surface area contributed by atoms with Crippen molar-refractivity contribution >= 4 is 0 Å². The zero-order chi connectivity index (χ0) is 18.4. The van der Waals surface area contributed by atoms with E-state index in [1.807, 2.05) is 6.92 Å². The number of halogens is 3. The van der Waals surface area contributed by atoms with Gasteiger partial charge in [0.15, 0.2) is 0 Å². The van der Waals surface area contributed by atoms with E-state index in [1.165, 1.54) is 0 Å². The van der Waals surface area contributed by atoms with Crippen molar-refractivity contribution in [1.29, 1.82) is 0 Å². The van der Waals surface area contributed by atoms with Gasteiger partial charge in [0.2, 0.25) is 11.7 Å². The van der Waals surface area contributed by atoms with Crippen LogP contribution in [0.1, 0.15) is 36.3 Å². The summed E-state index contributed by atoms with van der Waals surface area (Å²) < 4.78 is 44.6. The van der Waals surface area contributed by atoms with Gasteiger partial charge < -0.3 is 14.6 Å². The van der Waals surface area contributed by atoms with Crippen LogP contribution in [0.25, 0.3) is 11.5 Å². The van der Waals surface area contributed by atoms with Gasteiger partial charge >= 0.3 is 6.18 Å². The third-order valence-corrected chi connectivity index (χ3v) is 4.05. The lowest BCUT2D eigenvalue weighted by atomic mass is 10.0. The number of unbranched alkanes of at least 4 members (excludes halogenated alkanes) is 1. The van der Waals surface area contributed by atoms with Crippen molar-refractivity contribution in [3.63, 3.8) is 0 Å². The minimum atomic E-state index is -4.59. The molecule has 138 valence electrons. The van der Waals surface area contributed by atoms with Crippen LogP contribution < -0.4 is 0 Å². The first-order valence-corrected chi connectivity index (χ1v) is 8.20. The van der Waals surface area contributed by atoms with Crippen LogP contribution in [0, 0.1) is 12.8 Å². The van der Waals surface area contributed by atoms with Gasteiger partial charge in [-0.05, 0) is 38.3 Å². The molecule has 4 nitrogen and oxygen atoms in total. The zero-order valence-corrected chi connectivity index (χ0v) is 14.0. The highest BCUT2D eigenvalue weighted by molar-refractivity contribution is 5.54. The van der Waals surface area contributed by atoms with Crippen LogP contribution in [0.3, 0.4) is 0 Å². The van der Waals surface area contributed by atoms with Gasteiger partial charge in [0.05, 0.1) is 5.69 Å². The van der Waals surface area contributed by atoms with Crippen LogP contribution in [-0.4, -0.2) is 28.4 Å². The molecule has 0 aliphatic rings. The first kappa shape index (κ1) is 19.5. The molecular formula is C18H22F3NO3. The SMILES string of the molecule is Cc1ccc(-c2nc(CCCCC(CO)CO)c(C(F)(F)F)o2)cc1. The monoisotopic (exact) mass is 357 g/mol. The number of rotatable bonds is 8. The summed E-state index contributed by atoms with van der Waals surface area (Å²) in [6, 6.07) is 6.93. The number of benzene rings is 1. The molecule has 0 radical (unpaired) electrons. The molecule has 1 aromatic heterocycles. The van der Waals surface area contributed by atoms with E-state index in [9.17, 15) is 13.2 Å². The van der Waals surface area contributed by atoms with Crippen molar-refractivity contribution in [3.8, 4) is 11.5 Å². The number of hydrogen-bond acceptors (Lipinski definition) is 4. The van der Waals surface area contributed by atoms with Gasteiger partial charge in [0, 0.05) is 24.7 Å². The molecule has 0 aliphatic carbocycles. The van der Waals surface area contributed by atoms with Gasteiger partial charge in [0.25, 0.3) is 0 Å². The highest BCUT2D eigenvalue weighted by Crippen LogP contribution is 2.36. The molecule has 2 N–H and O–H groups in total. The predicted octanol–water partition coefficient (Wildman–Crippen LogP) is 3.98. The summed E-state index contributed by atoms with van der Waals surface area (Å²) in [5, 5.41) is 18.0. The van der Waals surface area contributed by atoms with Crippen molar-refractivity contribution < 1.29 is 27.8 Å². The Hall–Kier alpha value is -1.86. The molecule has 25 heavy (non-hydrogen) atoms. The summed E-state index contributed by atoms with van der Waals surface area (Å²) in [6.45, 7) is 1.62. The Bertz CT molecular complexity index is 661. The minimum absolute atomic E-state index is 0.0362. The summed E-state index contributed by atoms with van der Waals surface area (Å²) in [5.74, 6) is -1.32. The number of aryl methyl sites for hydroxylation is 2. The van der Waals surface area contributed by atoms with E-state index in [1.54, 1.807) is 24.3 Å². The summed E-state index contributed by atoms with van der Waals surface area (Å²) >= 11 is 0. The lowest BCUT2D eigenvalue weighted by Gasteiger charge is -2.09. The van der Waals surface area contributed by atoms with Gasteiger partial charge in [-0.1, -0.05) is 24.1 Å². The molecule has 2 aromatic rings. The quantitative estimate of drug-likeness (QED) is 0.701. The van der Waals surface area contributed by atoms with Crippen molar-refractivity contribution in [3.05, 3.63) is 41.3 Å². The average molecular weight is 357 g/mol. The van der Waals surface area contributed by atoms with Gasteiger partial charge in [0.1, 0.15) is 0 Å². The van der Waals surface area contributed by atoms with E-state index in [-0.39, 0.29) is 37.1 Å². The topological polar surface area (TPSA) is 66.5 Å². The molecule has 0 fully saturated rings. The van der Waals surface area contributed by atoms with Crippen LogP contribution in [-0.2, 0) is 12.6 Å². The molecule has 0 spiro atoms. The molecule has 0 aliphatic heterocycles. The smallest absolute Gasteiger partial charge is 0.431 e. The molecule has 0 bridgehead atoms. The Morgan fingerprint density at radius 3 is 2.28 bits per heavy atom. The van der Waals surface area contributed by atoms with Gasteiger partial charge in [-0.15, -0.1) is 0 Å². The van der Waals surface area contributed by atoms with Crippen molar-refractivity contribution in [2.45, 2.75) is 38.8 Å². The van der Waals surface area contributed by atoms with E-state index < -0.39 is 11.9 Å². The third kappa shape index (κ3) is 5.31. The van der Waals surface area contributed by atoms with Gasteiger partial charge in [-0.3, -0.25) is 0 Å². The minimum Gasteiger partial charge on any atom is -0.431 e. The second kappa shape index (κ2) is 8.49. The van der Waals surface area contributed by atoms with Crippen molar-refractivity contribution in [1.82, 2.24) is 4.98 Å². The van der Waals surface area contributed by atoms with Gasteiger partial charge in [-0.25, -0.2) is 4.98 Å². The maximum atomic E-state index is 13.2. The summed E-state index contributed by atoms with van der Waals surface area (Å²) in [6.07, 6.45) is -2.84. The number of alkyl halides is 3. The summed E-state index contributed by atoms with van der Waals surface area (Å²) in [7, 11) is 0. The normalized spacial score (nSPS) is 12.1. The molecule has 1 heterocycles. The number of nitrogens with zero attached hydrogens (tertiary/aromatic N) is 1. The van der Waals surface area contributed by atoms with Crippen LogP contribution in [0.2, 0.25) is 0 Å². The van der Waals surface area contributed by atoms with E-state index in [4.69, 9.17) is 14.6 Å². The van der Waals surface area contributed by atoms with E-state index in [0.717, 1.165) is 5.56 Å². The molecule has 0 unspecified atom stereocenters. The number of hydrogen-bond donors (Lipinski definition) is 2. The molecule has 1 aromatic carbocycles. The van der Waals surface area contributed by atoms with E-state index in [0.29, 0.717) is 24.8 Å². The molecule has 0 saturated heterocycles. The Kier molecular flexibility index (Phi) is 6.61. The fourth-order valence-corrected chi connectivity index (χ4v) is 2.53. The number of aromatic nitrogens is 1. The number of aliphatic hydroxyl groups excluding tert-OH is 2. The Labute approximate surface area is 144 Å². The Balaban J connectivity index is 2.12. The fourth-order valence-electron chi connectivity index (χ4n) is 2.53. The molecule has 0 amide bonds. The standard InChI is InChI=1S/C18H22F3NO3/c1-12-6-8-14(9-7-12)17-22-15(16(25-17)18(19,20)21)5-3-2-4-13(10-23)11-24/h6-9,13,23-24H,2-5,10-11H2,1H3. The number of aliphatic hydroxyl groups is 2. The van der Waals surface area contributed by atoms with Gasteiger partial charge in [-0.2, -0.15) is 13.2 Å². The lowest BCUT2D eigenvalue weighted by Crippen LogP contribution is -2.11. The van der Waals surface area contributed by atoms with E-state index >= 15 is 0 Å². The fraction of sp³-hybridized carbons (Fsp3) is 0.500. The van der Waals surface area contributed by atoms with Crippen LogP contribution in [0.4, 0.5) is 13.2 Å². The zero-order valence-electron chi connectivity index (χ0n) is 14.0. The van der Waals surface area contributed by atoms with Crippen LogP contribution in [0.15, 0.2) is 28.7 Å². The summed E-state index contributed by atoms with van der Waals surface area (Å²) in [4.78, 5) is 4.05. The predicted molar refractivity (Wildman–Crippen MR) is 86.9 cm³/mol. The van der Waals surface area contributed by atoms with E-state index in [2.05, 4.69) is 4.98 Å². The lowest BCUT2D eigenvalue weighted by molar-refractivity contribution is -0.153. The summed E-state index contributed by atoms with van der Waals surface area (Å²) in [5.41, 5.74) is 1.39. The molecule has 0 saturated carbocycles. The highest BCUT2D eigenvalue weighted by Gasteiger charge is 2.39. The molecule has 0 atom stereocenters. The molecule has 2 rings (SSSR count). The Morgan fingerprint density at radius 1 is 1.08 bits per heavy atom. The largest absolute Gasteiger partial charge is 0.451 e. The van der Waals surface area contributed by atoms with Crippen LogP contribution >= 0.6 is 0 Å². The highest BCUT2D eigenvalue weighted by atomic mass is 19.4. The van der Waals surface area contributed by atoms with Crippen LogP contribution in [0.5, 0.6) is 0 Å². The molecule has 7 heteroatoms. The first-order chi connectivity index (χ1) is 11.8. The second-order valence-corrected chi connectivity index (χ2v) is 6.14. The maximum absolute atomic E-state index is 13.2. The average Bonchev–Trinajstić information content (AvgIpc) is 3.00. The first-order valence-electron chi connectivity index (χ1n) is 8.20.